The van der Waals surface area contributed by atoms with Gasteiger partial charge in [0.25, 0.3) is 0 Å². The van der Waals surface area contributed by atoms with Gasteiger partial charge in [-0.3, -0.25) is 0 Å². The van der Waals surface area contributed by atoms with E-state index in [1.807, 2.05) is 36.4 Å². The number of hydrogen-bond acceptors (Lipinski definition) is 3. The highest BCUT2D eigenvalue weighted by Gasteiger charge is 2.23. The van der Waals surface area contributed by atoms with Gasteiger partial charge in [0.2, 0.25) is 0 Å². The zero-order valence-corrected chi connectivity index (χ0v) is 16.1. The molecule has 142 valence electrons. The first kappa shape index (κ1) is 18.3. The monoisotopic (exact) mass is 384 g/mol. The second-order valence-electron chi connectivity index (χ2n) is 7.30. The summed E-state index contributed by atoms with van der Waals surface area (Å²) in [6.45, 7) is 0.664. The number of nitrogens with zero attached hydrogens (tertiary/aromatic N) is 2. The molecule has 5 heteroatoms. The molecule has 1 unspecified atom stereocenters. The van der Waals surface area contributed by atoms with E-state index in [4.69, 9.17) is 21.3 Å². The normalized spacial score (nSPS) is 16.5. The minimum absolute atomic E-state index is 0.195. The lowest BCUT2D eigenvalue weighted by atomic mass is 9.88. The second kappa shape index (κ2) is 8.32. The fraction of sp³-hybridized carbons (Fsp3) is 0.409. The molecule has 1 aliphatic carbocycles. The van der Waals surface area contributed by atoms with Crippen LogP contribution in [0.3, 0.4) is 0 Å². The molecule has 0 radical (unpaired) electrons. The number of rotatable bonds is 6. The molecule has 1 atom stereocenters. The summed E-state index contributed by atoms with van der Waals surface area (Å²) in [6.07, 6.45) is 5.54. The van der Waals surface area contributed by atoms with Crippen LogP contribution in [0.4, 0.5) is 0 Å². The fourth-order valence-electron chi connectivity index (χ4n) is 3.97. The van der Waals surface area contributed by atoms with Gasteiger partial charge in [-0.25, -0.2) is 4.98 Å². The third-order valence-electron chi connectivity index (χ3n) is 5.32. The van der Waals surface area contributed by atoms with Crippen LogP contribution in [0.25, 0.3) is 11.0 Å². The lowest BCUT2D eigenvalue weighted by Gasteiger charge is -2.23. The van der Waals surface area contributed by atoms with E-state index in [1.165, 1.54) is 32.1 Å². The summed E-state index contributed by atoms with van der Waals surface area (Å²) < 4.78 is 7.92. The predicted molar refractivity (Wildman–Crippen MR) is 109 cm³/mol. The summed E-state index contributed by atoms with van der Waals surface area (Å²) in [5.41, 5.74) is 2.08. The third kappa shape index (κ3) is 4.12. The van der Waals surface area contributed by atoms with Crippen LogP contribution >= 0.6 is 11.6 Å². The first-order valence-corrected chi connectivity index (χ1v) is 10.1. The molecular weight excluding hydrogens is 360 g/mol. The Balaban J connectivity index is 1.54. The van der Waals surface area contributed by atoms with Crippen LogP contribution in [0.5, 0.6) is 5.75 Å². The SMILES string of the molecule is OC(COc1ccccc1Cl)Cn1c(C2CCCCC2)nc2ccccc21. The highest BCUT2D eigenvalue weighted by atomic mass is 35.5. The molecule has 4 rings (SSSR count). The minimum Gasteiger partial charge on any atom is -0.489 e. The molecule has 2 aromatic carbocycles. The first-order chi connectivity index (χ1) is 13.2. The Kier molecular flexibility index (Phi) is 5.65. The quantitative estimate of drug-likeness (QED) is 0.637. The van der Waals surface area contributed by atoms with E-state index < -0.39 is 6.10 Å². The highest BCUT2D eigenvalue weighted by molar-refractivity contribution is 6.32. The van der Waals surface area contributed by atoms with Gasteiger partial charge in [-0.2, -0.15) is 0 Å². The molecule has 0 bridgehead atoms. The Labute approximate surface area is 164 Å². The number of benzene rings is 2. The second-order valence-corrected chi connectivity index (χ2v) is 7.71. The Morgan fingerprint density at radius 2 is 1.81 bits per heavy atom. The van der Waals surface area contributed by atoms with E-state index in [1.54, 1.807) is 6.07 Å². The number of imidazole rings is 1. The maximum atomic E-state index is 10.6. The van der Waals surface area contributed by atoms with Crippen LogP contribution in [0, 0.1) is 0 Å². The molecule has 0 saturated heterocycles. The van der Waals surface area contributed by atoms with Crippen molar-refractivity contribution in [3.05, 3.63) is 59.4 Å². The van der Waals surface area contributed by atoms with Gasteiger partial charge in [0.1, 0.15) is 24.3 Å². The zero-order valence-electron chi connectivity index (χ0n) is 15.4. The summed E-state index contributed by atoms with van der Waals surface area (Å²) in [5, 5.41) is 11.2. The Morgan fingerprint density at radius 3 is 2.63 bits per heavy atom. The average molecular weight is 385 g/mol. The van der Waals surface area contributed by atoms with E-state index >= 15 is 0 Å². The van der Waals surface area contributed by atoms with Crippen molar-refractivity contribution >= 4 is 22.6 Å². The van der Waals surface area contributed by atoms with Gasteiger partial charge < -0.3 is 14.4 Å². The van der Waals surface area contributed by atoms with Crippen molar-refractivity contribution in [2.24, 2.45) is 0 Å². The lowest BCUT2D eigenvalue weighted by Crippen LogP contribution is -2.25. The van der Waals surface area contributed by atoms with E-state index in [2.05, 4.69) is 10.6 Å². The number of aromatic nitrogens is 2. The third-order valence-corrected chi connectivity index (χ3v) is 5.63. The van der Waals surface area contributed by atoms with Crippen molar-refractivity contribution in [3.8, 4) is 5.75 Å². The van der Waals surface area contributed by atoms with Crippen molar-refractivity contribution in [2.75, 3.05) is 6.61 Å². The van der Waals surface area contributed by atoms with Crippen molar-refractivity contribution < 1.29 is 9.84 Å². The van der Waals surface area contributed by atoms with E-state index in [9.17, 15) is 5.11 Å². The van der Waals surface area contributed by atoms with Gasteiger partial charge in [-0.05, 0) is 37.1 Å². The summed E-state index contributed by atoms with van der Waals surface area (Å²) in [5.74, 6) is 2.18. The zero-order chi connectivity index (χ0) is 18.6. The van der Waals surface area contributed by atoms with Crippen LogP contribution in [0.1, 0.15) is 43.8 Å². The summed E-state index contributed by atoms with van der Waals surface area (Å²) >= 11 is 6.13. The molecule has 0 spiro atoms. The Hall–Kier alpha value is -2.04. The lowest BCUT2D eigenvalue weighted by molar-refractivity contribution is 0.0922. The molecular formula is C22H25ClN2O2. The van der Waals surface area contributed by atoms with Crippen LogP contribution in [-0.2, 0) is 6.54 Å². The minimum atomic E-state index is -0.638. The summed E-state index contributed by atoms with van der Waals surface area (Å²) in [6, 6.07) is 15.5. The van der Waals surface area contributed by atoms with Gasteiger partial charge in [0, 0.05) is 5.92 Å². The maximum absolute atomic E-state index is 10.6. The molecule has 3 aromatic rings. The molecule has 1 N–H and O–H groups in total. The molecule has 0 aliphatic heterocycles. The predicted octanol–water partition coefficient (Wildman–Crippen LogP) is 5.18. The number of aliphatic hydroxyl groups is 1. The van der Waals surface area contributed by atoms with Crippen LogP contribution in [0.2, 0.25) is 5.02 Å². The molecule has 4 nitrogen and oxygen atoms in total. The van der Waals surface area contributed by atoms with E-state index in [0.717, 1.165) is 16.9 Å². The average Bonchev–Trinajstić information content (AvgIpc) is 3.06. The number of ether oxygens (including phenoxy) is 1. The van der Waals surface area contributed by atoms with Crippen molar-refractivity contribution in [1.82, 2.24) is 9.55 Å². The molecule has 1 aromatic heterocycles. The van der Waals surface area contributed by atoms with Crippen LogP contribution in [0.15, 0.2) is 48.5 Å². The number of fused-ring (bicyclic) bond motifs is 1. The number of para-hydroxylation sites is 3. The molecule has 1 fully saturated rings. The van der Waals surface area contributed by atoms with E-state index in [0.29, 0.717) is 23.2 Å². The standard InChI is InChI=1S/C22H25ClN2O2/c23-18-10-4-7-13-21(18)27-15-17(26)14-25-20-12-6-5-11-19(20)24-22(25)16-8-2-1-3-9-16/h4-7,10-13,16-17,26H,1-3,8-9,14-15H2. The topological polar surface area (TPSA) is 47.3 Å². The summed E-state index contributed by atoms with van der Waals surface area (Å²) in [7, 11) is 0. The molecule has 1 aliphatic rings. The van der Waals surface area contributed by atoms with Gasteiger partial charge in [-0.15, -0.1) is 0 Å². The van der Waals surface area contributed by atoms with Crippen molar-refractivity contribution in [3.63, 3.8) is 0 Å². The first-order valence-electron chi connectivity index (χ1n) is 9.73. The number of aliphatic hydroxyl groups excluding tert-OH is 1. The highest BCUT2D eigenvalue weighted by Crippen LogP contribution is 2.34. The maximum Gasteiger partial charge on any atom is 0.138 e. The van der Waals surface area contributed by atoms with Gasteiger partial charge in [-0.1, -0.05) is 55.1 Å². The largest absolute Gasteiger partial charge is 0.489 e. The smallest absolute Gasteiger partial charge is 0.138 e. The van der Waals surface area contributed by atoms with Crippen molar-refractivity contribution in [2.45, 2.75) is 50.7 Å². The van der Waals surface area contributed by atoms with E-state index in [-0.39, 0.29) is 6.61 Å². The molecule has 1 heterocycles. The van der Waals surface area contributed by atoms with Gasteiger partial charge in [0.05, 0.1) is 22.6 Å². The van der Waals surface area contributed by atoms with Crippen molar-refractivity contribution in [1.29, 1.82) is 0 Å². The Morgan fingerprint density at radius 1 is 1.07 bits per heavy atom. The Bertz CT molecular complexity index is 902. The summed E-state index contributed by atoms with van der Waals surface area (Å²) in [4.78, 5) is 4.91. The number of halogens is 1. The molecule has 0 amide bonds. The molecule has 1 saturated carbocycles. The fourth-order valence-corrected chi connectivity index (χ4v) is 4.16. The van der Waals surface area contributed by atoms with Crippen LogP contribution < -0.4 is 4.74 Å². The number of hydrogen-bond donors (Lipinski definition) is 1. The van der Waals surface area contributed by atoms with Crippen LogP contribution in [-0.4, -0.2) is 27.4 Å². The molecule has 27 heavy (non-hydrogen) atoms. The van der Waals surface area contributed by atoms with Gasteiger partial charge >= 0.3 is 0 Å². The van der Waals surface area contributed by atoms with Gasteiger partial charge in [0.15, 0.2) is 0 Å².